The minimum Gasteiger partial charge on any atom is -0.426 e. The molecule has 0 bridgehead atoms. The van der Waals surface area contributed by atoms with Crippen LogP contribution in [0.5, 0.6) is 11.8 Å². The Morgan fingerprint density at radius 2 is 1.76 bits per heavy atom. The summed E-state index contributed by atoms with van der Waals surface area (Å²) < 4.78 is 10.5. The molecule has 0 saturated heterocycles. The molecule has 5 heteroatoms. The average molecular weight is 380 g/mol. The third-order valence-electron chi connectivity index (χ3n) is 5.82. The zero-order valence-corrected chi connectivity index (χ0v) is 16.2. The van der Waals surface area contributed by atoms with E-state index in [1.807, 2.05) is 60.3 Å². The minimum atomic E-state index is 0.593. The fourth-order valence-corrected chi connectivity index (χ4v) is 4.46. The van der Waals surface area contributed by atoms with Gasteiger partial charge in [-0.3, -0.25) is 9.55 Å². The summed E-state index contributed by atoms with van der Waals surface area (Å²) in [6, 6.07) is 21.1. The molecule has 0 amide bonds. The van der Waals surface area contributed by atoms with Crippen molar-refractivity contribution in [3.63, 3.8) is 0 Å². The molecule has 5 nitrogen and oxygen atoms in total. The molecule has 0 saturated carbocycles. The van der Waals surface area contributed by atoms with Crippen molar-refractivity contribution >= 4 is 22.1 Å². The maximum absolute atomic E-state index is 6.08. The Bertz CT molecular complexity index is 1360. The van der Waals surface area contributed by atoms with Gasteiger partial charge in [-0.25, -0.2) is 0 Å². The van der Waals surface area contributed by atoms with Crippen LogP contribution in [0.3, 0.4) is 0 Å². The Kier molecular flexibility index (Phi) is 3.50. The standard InChI is InChI=1S/C24H20N4O/c1-27-19-7-3-2-6-18(19)26-24(27)29-17-12-10-16(11-13-17)22-20-9-5-15-28(20)21-8-4-14-25-23(21)22/h2-4,6-8,10-14H,5,9,15H2,1H3. The summed E-state index contributed by atoms with van der Waals surface area (Å²) in [5.74, 6) is 0.778. The summed E-state index contributed by atoms with van der Waals surface area (Å²) in [7, 11) is 1.97. The van der Waals surface area contributed by atoms with Crippen LogP contribution in [0.1, 0.15) is 12.1 Å². The molecule has 0 atom stereocenters. The molecule has 4 heterocycles. The van der Waals surface area contributed by atoms with Gasteiger partial charge in [-0.2, -0.15) is 4.98 Å². The molecule has 1 aliphatic rings. The van der Waals surface area contributed by atoms with Gasteiger partial charge in [-0.15, -0.1) is 0 Å². The van der Waals surface area contributed by atoms with Crippen LogP contribution in [0.15, 0.2) is 66.9 Å². The van der Waals surface area contributed by atoms with Gasteiger partial charge in [0.25, 0.3) is 0 Å². The molecule has 29 heavy (non-hydrogen) atoms. The quantitative estimate of drug-likeness (QED) is 0.425. The van der Waals surface area contributed by atoms with E-state index in [1.165, 1.54) is 28.8 Å². The first-order valence-corrected chi connectivity index (χ1v) is 9.95. The maximum Gasteiger partial charge on any atom is 0.302 e. The highest BCUT2D eigenvalue weighted by molar-refractivity contribution is 5.95. The smallest absolute Gasteiger partial charge is 0.302 e. The first kappa shape index (κ1) is 16.4. The predicted octanol–water partition coefficient (Wildman–Crippen LogP) is 5.33. The number of ether oxygens (including phenoxy) is 1. The minimum absolute atomic E-state index is 0.593. The lowest BCUT2D eigenvalue weighted by Gasteiger charge is -2.07. The predicted molar refractivity (Wildman–Crippen MR) is 114 cm³/mol. The zero-order valence-electron chi connectivity index (χ0n) is 16.2. The number of nitrogens with zero attached hydrogens (tertiary/aromatic N) is 4. The number of hydrogen-bond donors (Lipinski definition) is 0. The van der Waals surface area contributed by atoms with Crippen molar-refractivity contribution in [1.29, 1.82) is 0 Å². The summed E-state index contributed by atoms with van der Waals surface area (Å²) in [6.45, 7) is 1.07. The maximum atomic E-state index is 6.08. The first-order valence-electron chi connectivity index (χ1n) is 9.95. The van der Waals surface area contributed by atoms with Crippen molar-refractivity contribution in [2.45, 2.75) is 19.4 Å². The number of imidazole rings is 1. The van der Waals surface area contributed by atoms with Crippen LogP contribution >= 0.6 is 0 Å². The number of fused-ring (bicyclic) bond motifs is 4. The molecule has 0 fully saturated rings. The van der Waals surface area contributed by atoms with E-state index < -0.39 is 0 Å². The lowest BCUT2D eigenvalue weighted by molar-refractivity contribution is 0.428. The van der Waals surface area contributed by atoms with Gasteiger partial charge in [0.2, 0.25) is 0 Å². The van der Waals surface area contributed by atoms with Gasteiger partial charge in [0.15, 0.2) is 0 Å². The Labute approximate surface area is 168 Å². The number of para-hydroxylation sites is 2. The highest BCUT2D eigenvalue weighted by Crippen LogP contribution is 2.38. The second-order valence-corrected chi connectivity index (χ2v) is 7.52. The van der Waals surface area contributed by atoms with Gasteiger partial charge in [0, 0.05) is 31.0 Å². The van der Waals surface area contributed by atoms with Crippen molar-refractivity contribution < 1.29 is 4.74 Å². The molecule has 2 aromatic carbocycles. The van der Waals surface area contributed by atoms with Gasteiger partial charge in [0.1, 0.15) is 5.75 Å². The largest absolute Gasteiger partial charge is 0.426 e. The van der Waals surface area contributed by atoms with Crippen molar-refractivity contribution in [2.75, 3.05) is 0 Å². The lowest BCUT2D eigenvalue weighted by atomic mass is 10.0. The van der Waals surface area contributed by atoms with Gasteiger partial charge in [-0.05, 0) is 54.8 Å². The summed E-state index contributed by atoms with van der Waals surface area (Å²) in [5.41, 5.74) is 8.14. The first-order chi connectivity index (χ1) is 14.3. The van der Waals surface area contributed by atoms with E-state index in [9.17, 15) is 0 Å². The number of aromatic nitrogens is 4. The number of hydrogen-bond acceptors (Lipinski definition) is 3. The molecule has 0 unspecified atom stereocenters. The summed E-state index contributed by atoms with van der Waals surface area (Å²) in [5, 5.41) is 0. The Balaban J connectivity index is 1.38. The molecule has 0 aliphatic carbocycles. The SMILES string of the molecule is Cn1c(Oc2ccc(-c3c4n(c5cccnc35)CCC4)cc2)nc2ccccc21. The normalized spacial score (nSPS) is 13.3. The van der Waals surface area contributed by atoms with E-state index in [4.69, 9.17) is 4.74 Å². The molecule has 0 N–H and O–H groups in total. The molecule has 0 spiro atoms. The second kappa shape index (κ2) is 6.21. The summed E-state index contributed by atoms with van der Waals surface area (Å²) >= 11 is 0. The van der Waals surface area contributed by atoms with Crippen molar-refractivity contribution in [1.82, 2.24) is 19.1 Å². The van der Waals surface area contributed by atoms with Crippen LogP contribution < -0.4 is 4.74 Å². The average Bonchev–Trinajstić information content (AvgIpc) is 3.43. The van der Waals surface area contributed by atoms with Gasteiger partial charge >= 0.3 is 6.01 Å². The highest BCUT2D eigenvalue weighted by Gasteiger charge is 2.22. The zero-order chi connectivity index (χ0) is 19.4. The Morgan fingerprint density at radius 1 is 0.931 bits per heavy atom. The number of aryl methyl sites for hydroxylation is 2. The molecule has 0 radical (unpaired) electrons. The van der Waals surface area contributed by atoms with E-state index in [2.05, 4.69) is 32.7 Å². The van der Waals surface area contributed by atoms with E-state index in [-0.39, 0.29) is 0 Å². The van der Waals surface area contributed by atoms with Gasteiger partial charge < -0.3 is 9.30 Å². The van der Waals surface area contributed by atoms with Crippen molar-refractivity contribution in [3.8, 4) is 22.9 Å². The summed E-state index contributed by atoms with van der Waals surface area (Å²) in [4.78, 5) is 9.28. The van der Waals surface area contributed by atoms with E-state index in [0.717, 1.165) is 35.3 Å². The third-order valence-corrected chi connectivity index (χ3v) is 5.82. The Morgan fingerprint density at radius 3 is 2.62 bits per heavy atom. The molecule has 5 aromatic rings. The number of benzene rings is 2. The molecular formula is C24H20N4O. The third kappa shape index (κ3) is 2.47. The Hall–Kier alpha value is -3.60. The van der Waals surface area contributed by atoms with Crippen LogP contribution in [-0.4, -0.2) is 19.1 Å². The summed E-state index contributed by atoms with van der Waals surface area (Å²) in [6.07, 6.45) is 4.18. The van der Waals surface area contributed by atoms with E-state index in [0.29, 0.717) is 6.01 Å². The van der Waals surface area contributed by atoms with Crippen LogP contribution in [0.2, 0.25) is 0 Å². The monoisotopic (exact) mass is 380 g/mol. The molecule has 6 rings (SSSR count). The molecular weight excluding hydrogens is 360 g/mol. The van der Waals surface area contributed by atoms with E-state index in [1.54, 1.807) is 0 Å². The molecule has 142 valence electrons. The topological polar surface area (TPSA) is 44.9 Å². The molecule has 3 aromatic heterocycles. The second-order valence-electron chi connectivity index (χ2n) is 7.52. The fraction of sp³-hybridized carbons (Fsp3) is 0.167. The van der Waals surface area contributed by atoms with Crippen LogP contribution in [0.4, 0.5) is 0 Å². The van der Waals surface area contributed by atoms with Gasteiger partial charge in [0.05, 0.1) is 22.1 Å². The van der Waals surface area contributed by atoms with Gasteiger partial charge in [-0.1, -0.05) is 24.3 Å². The van der Waals surface area contributed by atoms with Crippen LogP contribution in [0, 0.1) is 0 Å². The molecule has 1 aliphatic heterocycles. The number of rotatable bonds is 3. The fourth-order valence-electron chi connectivity index (χ4n) is 4.46. The van der Waals surface area contributed by atoms with Crippen molar-refractivity contribution in [2.24, 2.45) is 7.05 Å². The van der Waals surface area contributed by atoms with Crippen molar-refractivity contribution in [3.05, 3.63) is 72.6 Å². The number of pyridine rings is 1. The van der Waals surface area contributed by atoms with E-state index >= 15 is 0 Å². The lowest BCUT2D eigenvalue weighted by Crippen LogP contribution is -1.94. The van der Waals surface area contributed by atoms with Crippen LogP contribution in [0.25, 0.3) is 33.2 Å². The highest BCUT2D eigenvalue weighted by atomic mass is 16.5. The van der Waals surface area contributed by atoms with Crippen LogP contribution in [-0.2, 0) is 20.0 Å².